The number of nitrogens with one attached hydrogen (secondary N) is 1. The number of para-hydroxylation sites is 1. The standard InChI is InChI=1S/C18H19BrClNO2/c1-12-10-14(11-13(2)18(12)20)23-9-5-8-17(22)21-16-7-4-3-6-15(16)19/h3-4,6-7,10-11H,5,8-9H2,1-2H3,(H,21,22). The topological polar surface area (TPSA) is 38.3 Å². The molecule has 5 heteroatoms. The minimum Gasteiger partial charge on any atom is -0.494 e. The van der Waals surface area contributed by atoms with Gasteiger partial charge in [0.15, 0.2) is 0 Å². The molecule has 0 radical (unpaired) electrons. The molecule has 23 heavy (non-hydrogen) atoms. The van der Waals surface area contributed by atoms with Crippen molar-refractivity contribution >= 4 is 39.1 Å². The lowest BCUT2D eigenvalue weighted by Crippen LogP contribution is -2.13. The summed E-state index contributed by atoms with van der Waals surface area (Å²) in [6.45, 7) is 4.39. The predicted molar refractivity (Wildman–Crippen MR) is 98.4 cm³/mol. The second-order valence-electron chi connectivity index (χ2n) is 5.35. The molecule has 0 aliphatic rings. The van der Waals surface area contributed by atoms with Crippen LogP contribution in [-0.4, -0.2) is 12.5 Å². The van der Waals surface area contributed by atoms with Crippen LogP contribution in [0.5, 0.6) is 5.75 Å². The molecule has 0 heterocycles. The zero-order valence-electron chi connectivity index (χ0n) is 13.2. The van der Waals surface area contributed by atoms with Crippen LogP contribution in [0.4, 0.5) is 5.69 Å². The van der Waals surface area contributed by atoms with Gasteiger partial charge < -0.3 is 10.1 Å². The van der Waals surface area contributed by atoms with Crippen molar-refractivity contribution in [3.63, 3.8) is 0 Å². The van der Waals surface area contributed by atoms with E-state index >= 15 is 0 Å². The Labute approximate surface area is 150 Å². The molecule has 0 saturated carbocycles. The summed E-state index contributed by atoms with van der Waals surface area (Å²) in [5, 5.41) is 3.64. The number of halogens is 2. The number of benzene rings is 2. The third kappa shape index (κ3) is 5.26. The summed E-state index contributed by atoms with van der Waals surface area (Å²) in [6.07, 6.45) is 1.06. The quantitative estimate of drug-likeness (QED) is 0.653. The molecule has 2 aromatic rings. The average molecular weight is 397 g/mol. The minimum atomic E-state index is -0.0241. The zero-order chi connectivity index (χ0) is 16.8. The second-order valence-corrected chi connectivity index (χ2v) is 6.58. The van der Waals surface area contributed by atoms with Crippen LogP contribution in [0, 0.1) is 13.8 Å². The van der Waals surface area contributed by atoms with Crippen LogP contribution in [0.2, 0.25) is 5.02 Å². The molecule has 0 atom stereocenters. The van der Waals surface area contributed by atoms with E-state index in [-0.39, 0.29) is 5.91 Å². The first-order valence-electron chi connectivity index (χ1n) is 7.41. The van der Waals surface area contributed by atoms with E-state index in [1.54, 1.807) is 0 Å². The first-order valence-corrected chi connectivity index (χ1v) is 8.58. The van der Waals surface area contributed by atoms with E-state index < -0.39 is 0 Å². The molecule has 0 bridgehead atoms. The number of ether oxygens (including phenoxy) is 1. The normalized spacial score (nSPS) is 10.4. The van der Waals surface area contributed by atoms with Gasteiger partial charge in [0.05, 0.1) is 12.3 Å². The third-order valence-corrected chi connectivity index (χ3v) is 4.66. The van der Waals surface area contributed by atoms with Gasteiger partial charge >= 0.3 is 0 Å². The summed E-state index contributed by atoms with van der Waals surface area (Å²) in [5.41, 5.74) is 2.77. The number of rotatable bonds is 6. The zero-order valence-corrected chi connectivity index (χ0v) is 15.5. The van der Waals surface area contributed by atoms with Crippen LogP contribution in [0.1, 0.15) is 24.0 Å². The maximum Gasteiger partial charge on any atom is 0.224 e. The smallest absolute Gasteiger partial charge is 0.224 e. The van der Waals surface area contributed by atoms with Crippen molar-refractivity contribution in [3.05, 3.63) is 57.0 Å². The van der Waals surface area contributed by atoms with Gasteiger partial charge in [-0.25, -0.2) is 0 Å². The highest BCUT2D eigenvalue weighted by Gasteiger charge is 2.06. The van der Waals surface area contributed by atoms with Gasteiger partial charge in [-0.05, 0) is 71.6 Å². The number of anilines is 1. The van der Waals surface area contributed by atoms with E-state index in [4.69, 9.17) is 16.3 Å². The van der Waals surface area contributed by atoms with Crippen molar-refractivity contribution in [2.75, 3.05) is 11.9 Å². The van der Waals surface area contributed by atoms with Crippen molar-refractivity contribution in [1.29, 1.82) is 0 Å². The molecule has 3 nitrogen and oxygen atoms in total. The summed E-state index contributed by atoms with van der Waals surface area (Å²) in [6, 6.07) is 11.4. The van der Waals surface area contributed by atoms with Gasteiger partial charge in [-0.1, -0.05) is 23.7 Å². The van der Waals surface area contributed by atoms with Crippen LogP contribution < -0.4 is 10.1 Å². The van der Waals surface area contributed by atoms with Crippen molar-refractivity contribution in [1.82, 2.24) is 0 Å². The Morgan fingerprint density at radius 3 is 2.52 bits per heavy atom. The van der Waals surface area contributed by atoms with Crippen LogP contribution in [0.25, 0.3) is 0 Å². The minimum absolute atomic E-state index is 0.0241. The highest BCUT2D eigenvalue weighted by molar-refractivity contribution is 9.10. The summed E-state index contributed by atoms with van der Waals surface area (Å²) in [5.74, 6) is 0.763. The van der Waals surface area contributed by atoms with Gasteiger partial charge in [-0.3, -0.25) is 4.79 Å². The summed E-state index contributed by atoms with van der Waals surface area (Å²) < 4.78 is 6.57. The Morgan fingerprint density at radius 1 is 1.22 bits per heavy atom. The molecule has 0 aliphatic heterocycles. The number of aryl methyl sites for hydroxylation is 2. The maximum absolute atomic E-state index is 11.9. The van der Waals surface area contributed by atoms with Crippen molar-refractivity contribution in [3.8, 4) is 5.75 Å². The maximum atomic E-state index is 11.9. The van der Waals surface area contributed by atoms with E-state index in [1.807, 2.05) is 50.2 Å². The van der Waals surface area contributed by atoms with E-state index in [9.17, 15) is 4.79 Å². The molecular weight excluding hydrogens is 378 g/mol. The fourth-order valence-corrected chi connectivity index (χ4v) is 2.68. The van der Waals surface area contributed by atoms with Gasteiger partial charge in [0.2, 0.25) is 5.91 Å². The lowest BCUT2D eigenvalue weighted by atomic mass is 10.1. The summed E-state index contributed by atoms with van der Waals surface area (Å²) in [4.78, 5) is 11.9. The molecule has 2 aromatic carbocycles. The summed E-state index contributed by atoms with van der Waals surface area (Å²) >= 11 is 9.54. The lowest BCUT2D eigenvalue weighted by Gasteiger charge is -2.10. The number of hydrogen-bond acceptors (Lipinski definition) is 2. The number of amides is 1. The number of carbonyl (C=O) groups is 1. The highest BCUT2D eigenvalue weighted by Crippen LogP contribution is 2.26. The predicted octanol–water partition coefficient (Wildman–Crippen LogP) is 5.52. The van der Waals surface area contributed by atoms with Gasteiger partial charge in [-0.2, -0.15) is 0 Å². The molecule has 2 rings (SSSR count). The lowest BCUT2D eigenvalue weighted by molar-refractivity contribution is -0.116. The molecule has 0 aromatic heterocycles. The van der Waals surface area contributed by atoms with Gasteiger partial charge in [-0.15, -0.1) is 0 Å². The largest absolute Gasteiger partial charge is 0.494 e. The van der Waals surface area contributed by atoms with Gasteiger partial charge in [0.25, 0.3) is 0 Å². The molecule has 0 aliphatic carbocycles. The van der Waals surface area contributed by atoms with Crippen molar-refractivity contribution in [2.24, 2.45) is 0 Å². The van der Waals surface area contributed by atoms with Crippen LogP contribution in [0.3, 0.4) is 0 Å². The van der Waals surface area contributed by atoms with Crippen molar-refractivity contribution in [2.45, 2.75) is 26.7 Å². The molecule has 1 amide bonds. The summed E-state index contributed by atoms with van der Waals surface area (Å²) in [7, 11) is 0. The Balaban J connectivity index is 1.77. The molecule has 0 spiro atoms. The molecule has 1 N–H and O–H groups in total. The van der Waals surface area contributed by atoms with E-state index in [0.717, 1.165) is 32.1 Å². The Bertz CT molecular complexity index is 680. The van der Waals surface area contributed by atoms with Crippen LogP contribution in [0.15, 0.2) is 40.9 Å². The Morgan fingerprint density at radius 2 is 1.87 bits per heavy atom. The van der Waals surface area contributed by atoms with E-state index in [2.05, 4.69) is 21.2 Å². The van der Waals surface area contributed by atoms with Gasteiger partial charge in [0, 0.05) is 15.9 Å². The first kappa shape index (κ1) is 17.8. The average Bonchev–Trinajstić information content (AvgIpc) is 2.51. The molecule has 0 fully saturated rings. The molecule has 0 unspecified atom stereocenters. The van der Waals surface area contributed by atoms with Gasteiger partial charge in [0.1, 0.15) is 5.75 Å². The highest BCUT2D eigenvalue weighted by atomic mass is 79.9. The number of carbonyl (C=O) groups excluding carboxylic acids is 1. The fourth-order valence-electron chi connectivity index (χ4n) is 2.19. The molecular formula is C18H19BrClNO2. The molecule has 122 valence electrons. The monoisotopic (exact) mass is 395 g/mol. The SMILES string of the molecule is Cc1cc(OCCCC(=O)Nc2ccccc2Br)cc(C)c1Cl. The fraction of sp³-hybridized carbons (Fsp3) is 0.278. The van der Waals surface area contributed by atoms with Crippen molar-refractivity contribution < 1.29 is 9.53 Å². The third-order valence-electron chi connectivity index (χ3n) is 3.37. The first-order chi connectivity index (χ1) is 11.0. The van der Waals surface area contributed by atoms with Crippen LogP contribution in [-0.2, 0) is 4.79 Å². The van der Waals surface area contributed by atoms with E-state index in [1.165, 1.54) is 0 Å². The number of hydrogen-bond donors (Lipinski definition) is 1. The Kier molecular flexibility index (Phi) is 6.48. The van der Waals surface area contributed by atoms with Crippen LogP contribution >= 0.6 is 27.5 Å². The van der Waals surface area contributed by atoms with E-state index in [0.29, 0.717) is 19.4 Å². The second kappa shape index (κ2) is 8.37. The Hall–Kier alpha value is -1.52. The molecule has 0 saturated heterocycles.